The Labute approximate surface area is 121 Å². The summed E-state index contributed by atoms with van der Waals surface area (Å²) in [6, 6.07) is 3.12. The van der Waals surface area contributed by atoms with E-state index in [0.29, 0.717) is 0 Å². The third-order valence-electron chi connectivity index (χ3n) is 3.29. The Morgan fingerprint density at radius 2 is 2.29 bits per heavy atom. The van der Waals surface area contributed by atoms with Crippen molar-refractivity contribution in [2.24, 2.45) is 0 Å². The van der Waals surface area contributed by atoms with Crippen molar-refractivity contribution in [3.05, 3.63) is 24.0 Å². The summed E-state index contributed by atoms with van der Waals surface area (Å²) >= 11 is 0. The summed E-state index contributed by atoms with van der Waals surface area (Å²) in [7, 11) is -2.59. The van der Waals surface area contributed by atoms with E-state index in [1.807, 2.05) is 0 Å². The lowest BCUT2D eigenvalue weighted by Crippen LogP contribution is -2.40. The zero-order valence-corrected chi connectivity index (χ0v) is 11.9. The average molecular weight is 311 g/mol. The number of carbonyl (C=O) groups is 1. The van der Waals surface area contributed by atoms with Gasteiger partial charge >= 0.3 is 5.97 Å². The molecule has 9 heteroatoms. The fourth-order valence-electron chi connectivity index (χ4n) is 2.16. The van der Waals surface area contributed by atoms with E-state index in [9.17, 15) is 13.2 Å². The molecule has 0 spiro atoms. The van der Waals surface area contributed by atoms with Crippen LogP contribution in [-0.2, 0) is 19.6 Å². The first-order valence-electron chi connectivity index (χ1n) is 6.03. The summed E-state index contributed by atoms with van der Waals surface area (Å²) in [5, 5.41) is 17.8. The number of aliphatic carboxylic acids is 1. The van der Waals surface area contributed by atoms with Crippen LogP contribution in [0, 0.1) is 11.3 Å². The molecule has 8 nitrogen and oxygen atoms in total. The van der Waals surface area contributed by atoms with Gasteiger partial charge in [-0.25, -0.2) is 13.4 Å². The molecule has 21 heavy (non-hydrogen) atoms. The largest absolute Gasteiger partial charge is 0.480 e. The van der Waals surface area contributed by atoms with E-state index in [1.165, 1.54) is 19.2 Å². The number of sulfonamides is 1. The second-order valence-electron chi connectivity index (χ2n) is 4.51. The molecule has 0 aromatic carbocycles. The van der Waals surface area contributed by atoms with Gasteiger partial charge in [0.1, 0.15) is 22.7 Å². The van der Waals surface area contributed by atoms with Gasteiger partial charge < -0.3 is 9.84 Å². The Bertz CT molecular complexity index is 680. The first-order valence-corrected chi connectivity index (χ1v) is 7.47. The number of carboxylic acid groups (broad SMARTS) is 1. The fourth-order valence-corrected chi connectivity index (χ4v) is 3.73. The highest BCUT2D eigenvalue weighted by molar-refractivity contribution is 7.89. The Morgan fingerprint density at radius 3 is 2.76 bits per heavy atom. The van der Waals surface area contributed by atoms with Crippen LogP contribution in [0.5, 0.6) is 0 Å². The number of hydrogen-bond donors (Lipinski definition) is 1. The molecule has 0 aliphatic carbocycles. The molecule has 1 fully saturated rings. The fraction of sp³-hybridized carbons (Fsp3) is 0.417. The predicted octanol–water partition coefficient (Wildman–Crippen LogP) is -0.184. The maximum Gasteiger partial charge on any atom is 0.322 e. The van der Waals surface area contributed by atoms with Gasteiger partial charge in [0.05, 0.1) is 6.10 Å². The van der Waals surface area contributed by atoms with E-state index < -0.39 is 28.1 Å². The summed E-state index contributed by atoms with van der Waals surface area (Å²) in [5.74, 6) is -1.22. The molecule has 1 N–H and O–H groups in total. The summed E-state index contributed by atoms with van der Waals surface area (Å²) in [6.07, 6.45) is 0.675. The van der Waals surface area contributed by atoms with Crippen LogP contribution in [0.25, 0.3) is 0 Å². The van der Waals surface area contributed by atoms with Gasteiger partial charge in [-0.05, 0) is 12.1 Å². The van der Waals surface area contributed by atoms with Gasteiger partial charge in [-0.2, -0.15) is 9.57 Å². The number of carboxylic acids is 1. The average Bonchev–Trinajstić information content (AvgIpc) is 2.92. The molecule has 112 valence electrons. The molecular weight excluding hydrogens is 298 g/mol. The number of ether oxygens (including phenoxy) is 1. The topological polar surface area (TPSA) is 121 Å². The number of hydrogen-bond acceptors (Lipinski definition) is 6. The normalized spacial score (nSPS) is 22.9. The lowest BCUT2D eigenvalue weighted by atomic mass is 10.2. The maximum absolute atomic E-state index is 12.5. The van der Waals surface area contributed by atoms with Crippen LogP contribution in [-0.4, -0.2) is 54.6 Å². The molecule has 1 aliphatic rings. The highest BCUT2D eigenvalue weighted by atomic mass is 32.2. The zero-order chi connectivity index (χ0) is 15.6. The summed E-state index contributed by atoms with van der Waals surface area (Å²) in [4.78, 5) is 14.8. The van der Waals surface area contributed by atoms with Gasteiger partial charge in [-0.15, -0.1) is 0 Å². The smallest absolute Gasteiger partial charge is 0.322 e. The minimum absolute atomic E-state index is 0.0319. The van der Waals surface area contributed by atoms with Crippen LogP contribution in [0.15, 0.2) is 23.2 Å². The van der Waals surface area contributed by atoms with E-state index in [-0.39, 0.29) is 23.6 Å². The van der Waals surface area contributed by atoms with Crippen LogP contribution in [0.4, 0.5) is 0 Å². The van der Waals surface area contributed by atoms with Crippen molar-refractivity contribution < 1.29 is 23.1 Å². The molecule has 2 rings (SSSR count). The van der Waals surface area contributed by atoms with E-state index in [1.54, 1.807) is 6.07 Å². The molecular formula is C12H13N3O5S. The molecule has 1 aromatic heterocycles. The van der Waals surface area contributed by atoms with Crippen LogP contribution in [0.3, 0.4) is 0 Å². The summed E-state index contributed by atoms with van der Waals surface area (Å²) in [5.41, 5.74) is 0.0833. The molecule has 1 aromatic rings. The number of methoxy groups -OCH3 is 1. The van der Waals surface area contributed by atoms with E-state index in [2.05, 4.69) is 4.98 Å². The standard InChI is InChI=1S/C12H13N3O5S/c1-20-9-4-11(12(16)17)15(7-9)21(18,19)10-3-2-8(5-13)14-6-10/h2-3,6,9,11H,4,7H2,1H3,(H,16,17). The molecule has 1 saturated heterocycles. The summed E-state index contributed by atoms with van der Waals surface area (Å²) < 4.78 is 30.9. The highest BCUT2D eigenvalue weighted by Gasteiger charge is 2.44. The molecule has 2 heterocycles. The van der Waals surface area contributed by atoms with Gasteiger partial charge in [-0.1, -0.05) is 0 Å². The third kappa shape index (κ3) is 2.87. The van der Waals surface area contributed by atoms with Crippen molar-refractivity contribution in [3.8, 4) is 6.07 Å². The van der Waals surface area contributed by atoms with Gasteiger partial charge in [0, 0.05) is 26.3 Å². The zero-order valence-electron chi connectivity index (χ0n) is 11.1. The summed E-state index contributed by atoms with van der Waals surface area (Å²) in [6.45, 7) is -0.0319. The molecule has 1 aliphatic heterocycles. The first kappa shape index (κ1) is 15.4. The molecule has 0 bridgehead atoms. The van der Waals surface area contributed by atoms with Gasteiger partial charge in [0.25, 0.3) is 0 Å². The quantitative estimate of drug-likeness (QED) is 0.818. The maximum atomic E-state index is 12.5. The second-order valence-corrected chi connectivity index (χ2v) is 6.40. The second kappa shape index (κ2) is 5.77. The van der Waals surface area contributed by atoms with Crippen molar-refractivity contribution in [3.63, 3.8) is 0 Å². The lowest BCUT2D eigenvalue weighted by Gasteiger charge is -2.20. The van der Waals surface area contributed by atoms with Crippen LogP contribution in [0.2, 0.25) is 0 Å². The number of nitriles is 1. The molecule has 2 unspecified atom stereocenters. The Morgan fingerprint density at radius 1 is 1.57 bits per heavy atom. The van der Waals surface area contributed by atoms with Gasteiger partial charge in [0.15, 0.2) is 0 Å². The lowest BCUT2D eigenvalue weighted by molar-refractivity contribution is -0.140. The number of rotatable bonds is 4. The molecule has 0 amide bonds. The minimum atomic E-state index is -4.00. The van der Waals surface area contributed by atoms with E-state index in [4.69, 9.17) is 15.1 Å². The number of pyridine rings is 1. The van der Waals surface area contributed by atoms with Crippen LogP contribution >= 0.6 is 0 Å². The highest BCUT2D eigenvalue weighted by Crippen LogP contribution is 2.27. The first-order chi connectivity index (χ1) is 9.90. The van der Waals surface area contributed by atoms with Crippen molar-refractivity contribution in [1.82, 2.24) is 9.29 Å². The molecule has 0 radical (unpaired) electrons. The van der Waals surface area contributed by atoms with Crippen molar-refractivity contribution in [1.29, 1.82) is 5.26 Å². The molecule has 2 atom stereocenters. The predicted molar refractivity (Wildman–Crippen MR) is 69.7 cm³/mol. The van der Waals surface area contributed by atoms with Crippen LogP contribution < -0.4 is 0 Å². The minimum Gasteiger partial charge on any atom is -0.480 e. The molecule has 0 saturated carbocycles. The van der Waals surface area contributed by atoms with Gasteiger partial charge in [0.2, 0.25) is 10.0 Å². The van der Waals surface area contributed by atoms with Gasteiger partial charge in [-0.3, -0.25) is 4.79 Å². The number of nitrogens with zero attached hydrogens (tertiary/aromatic N) is 3. The van der Waals surface area contributed by atoms with E-state index in [0.717, 1.165) is 10.5 Å². The Hall–Kier alpha value is -2.02. The SMILES string of the molecule is COC1CC(C(=O)O)N(S(=O)(=O)c2ccc(C#N)nc2)C1. The Kier molecular flexibility index (Phi) is 4.22. The number of aromatic nitrogens is 1. The van der Waals surface area contributed by atoms with Crippen molar-refractivity contribution in [2.45, 2.75) is 23.5 Å². The monoisotopic (exact) mass is 311 g/mol. The Balaban J connectivity index is 2.37. The van der Waals surface area contributed by atoms with Crippen LogP contribution in [0.1, 0.15) is 12.1 Å². The van der Waals surface area contributed by atoms with Crippen molar-refractivity contribution >= 4 is 16.0 Å². The third-order valence-corrected chi connectivity index (χ3v) is 5.15. The van der Waals surface area contributed by atoms with E-state index >= 15 is 0 Å². The van der Waals surface area contributed by atoms with Crippen molar-refractivity contribution in [2.75, 3.05) is 13.7 Å².